The highest BCUT2D eigenvalue weighted by molar-refractivity contribution is 5.99. The molecular weight excluding hydrogens is 310 g/mol. The van der Waals surface area contributed by atoms with Crippen molar-refractivity contribution in [1.82, 2.24) is 0 Å². The summed E-state index contributed by atoms with van der Waals surface area (Å²) in [6, 6.07) is 11.0. The molecule has 0 saturated heterocycles. The molecule has 2 aromatic carbocycles. The summed E-state index contributed by atoms with van der Waals surface area (Å²) in [4.78, 5) is 34.2. The van der Waals surface area contributed by atoms with Crippen LogP contribution in [-0.2, 0) is 11.2 Å². The third kappa shape index (κ3) is 4.04. The van der Waals surface area contributed by atoms with Crippen LogP contribution in [-0.4, -0.2) is 23.3 Å². The van der Waals surface area contributed by atoms with Gasteiger partial charge >= 0.3 is 5.97 Å². The first-order valence-electron chi connectivity index (χ1n) is 7.46. The molecule has 0 spiro atoms. The van der Waals surface area contributed by atoms with Gasteiger partial charge in [0, 0.05) is 17.2 Å². The number of nitro benzene ring substituents is 1. The highest BCUT2D eigenvalue weighted by Gasteiger charge is 2.16. The Bertz CT molecular complexity index is 780. The molecule has 0 aliphatic carbocycles. The van der Waals surface area contributed by atoms with Crippen molar-refractivity contribution in [1.29, 1.82) is 0 Å². The number of ether oxygens (including phenoxy) is 1. The zero-order valence-corrected chi connectivity index (χ0v) is 13.4. The summed E-state index contributed by atoms with van der Waals surface area (Å²) in [5.41, 5.74) is 2.05. The summed E-state index contributed by atoms with van der Waals surface area (Å²) in [5, 5.41) is 10.8. The molecule has 0 heterocycles. The maximum atomic E-state index is 12.0. The Hall–Kier alpha value is -3.02. The Morgan fingerprint density at radius 3 is 2.25 bits per heavy atom. The Morgan fingerprint density at radius 1 is 1.08 bits per heavy atom. The van der Waals surface area contributed by atoms with Gasteiger partial charge in [-0.1, -0.05) is 31.2 Å². The molecular formula is C18H17NO5. The second-order valence-electron chi connectivity index (χ2n) is 5.31. The van der Waals surface area contributed by atoms with Crippen molar-refractivity contribution >= 4 is 17.4 Å². The van der Waals surface area contributed by atoms with Crippen molar-refractivity contribution in [2.24, 2.45) is 0 Å². The molecule has 0 radical (unpaired) electrons. The van der Waals surface area contributed by atoms with Crippen LogP contribution in [0.5, 0.6) is 0 Å². The first-order chi connectivity index (χ1) is 11.4. The largest absolute Gasteiger partial charge is 0.454 e. The lowest BCUT2D eigenvalue weighted by Gasteiger charge is -2.06. The second kappa shape index (κ2) is 7.50. The van der Waals surface area contributed by atoms with Gasteiger partial charge < -0.3 is 4.74 Å². The smallest absolute Gasteiger partial charge is 0.338 e. The third-order valence-corrected chi connectivity index (χ3v) is 3.65. The molecule has 0 unspecified atom stereocenters. The van der Waals surface area contributed by atoms with Crippen LogP contribution in [0.4, 0.5) is 5.69 Å². The van der Waals surface area contributed by atoms with Gasteiger partial charge in [-0.05, 0) is 31.0 Å². The van der Waals surface area contributed by atoms with Gasteiger partial charge in [-0.15, -0.1) is 0 Å². The number of benzene rings is 2. The highest BCUT2D eigenvalue weighted by Crippen LogP contribution is 2.19. The molecule has 124 valence electrons. The fourth-order valence-corrected chi connectivity index (χ4v) is 2.21. The number of aryl methyl sites for hydroxylation is 2. The van der Waals surface area contributed by atoms with E-state index in [0.717, 1.165) is 12.0 Å². The van der Waals surface area contributed by atoms with Crippen LogP contribution in [0.25, 0.3) is 0 Å². The average Bonchev–Trinajstić information content (AvgIpc) is 2.59. The number of ketones is 1. The second-order valence-corrected chi connectivity index (χ2v) is 5.31. The molecule has 6 nitrogen and oxygen atoms in total. The van der Waals surface area contributed by atoms with Crippen molar-refractivity contribution in [3.63, 3.8) is 0 Å². The maximum absolute atomic E-state index is 12.0. The minimum atomic E-state index is -0.688. The van der Waals surface area contributed by atoms with Crippen molar-refractivity contribution in [2.45, 2.75) is 20.3 Å². The molecule has 2 aromatic rings. The SMILES string of the molecule is CCc1ccc(C(=O)COC(=O)c2ccc([N+](=O)[O-])c(C)c2)cc1. The van der Waals surface area contributed by atoms with Gasteiger partial charge in [0.2, 0.25) is 0 Å². The van der Waals surface area contributed by atoms with Gasteiger partial charge in [0.15, 0.2) is 12.4 Å². The Kier molecular flexibility index (Phi) is 5.42. The van der Waals surface area contributed by atoms with E-state index in [1.54, 1.807) is 12.1 Å². The number of Topliss-reactive ketones (excluding diaryl/α,β-unsaturated/α-hetero) is 1. The third-order valence-electron chi connectivity index (χ3n) is 3.65. The van der Waals surface area contributed by atoms with Gasteiger partial charge in [0.05, 0.1) is 10.5 Å². The lowest BCUT2D eigenvalue weighted by Crippen LogP contribution is -2.14. The van der Waals surface area contributed by atoms with Crippen molar-refractivity contribution in [2.75, 3.05) is 6.61 Å². The molecule has 0 aromatic heterocycles. The number of esters is 1. The molecule has 0 amide bonds. The standard InChI is InChI=1S/C18H17NO5/c1-3-13-4-6-14(7-5-13)17(20)11-24-18(21)15-8-9-16(19(22)23)12(2)10-15/h4-10H,3,11H2,1-2H3. The summed E-state index contributed by atoms with van der Waals surface area (Å²) in [5.74, 6) is -0.990. The molecule has 0 saturated carbocycles. The predicted octanol–water partition coefficient (Wildman–Crippen LogP) is 3.51. The number of nitrogens with zero attached hydrogens (tertiary/aromatic N) is 1. The number of carbonyl (C=O) groups is 2. The van der Waals surface area contributed by atoms with Gasteiger partial charge in [-0.3, -0.25) is 14.9 Å². The molecule has 0 N–H and O–H groups in total. The minimum Gasteiger partial charge on any atom is -0.454 e. The van der Waals surface area contributed by atoms with E-state index in [1.165, 1.54) is 25.1 Å². The first kappa shape index (κ1) is 17.3. The number of hydrogen-bond acceptors (Lipinski definition) is 5. The molecule has 0 aliphatic heterocycles. The van der Waals surface area contributed by atoms with Gasteiger partial charge in [-0.25, -0.2) is 4.79 Å². The summed E-state index contributed by atoms with van der Waals surface area (Å²) in [7, 11) is 0. The van der Waals surface area contributed by atoms with Crippen molar-refractivity contribution in [3.8, 4) is 0 Å². The average molecular weight is 327 g/mol. The first-order valence-corrected chi connectivity index (χ1v) is 7.46. The molecule has 0 atom stereocenters. The Morgan fingerprint density at radius 2 is 1.71 bits per heavy atom. The zero-order chi connectivity index (χ0) is 17.7. The monoisotopic (exact) mass is 327 g/mol. The van der Waals surface area contributed by atoms with Gasteiger partial charge in [0.25, 0.3) is 5.69 Å². The highest BCUT2D eigenvalue weighted by atomic mass is 16.6. The predicted molar refractivity (Wildman–Crippen MR) is 88.3 cm³/mol. The Balaban J connectivity index is 2.00. The lowest BCUT2D eigenvalue weighted by molar-refractivity contribution is -0.385. The number of rotatable bonds is 6. The molecule has 2 rings (SSSR count). The summed E-state index contributed by atoms with van der Waals surface area (Å²) >= 11 is 0. The fraction of sp³-hybridized carbons (Fsp3) is 0.222. The van der Waals surface area contributed by atoms with E-state index in [0.29, 0.717) is 11.1 Å². The minimum absolute atomic E-state index is 0.0707. The van der Waals surface area contributed by atoms with E-state index >= 15 is 0 Å². The summed E-state index contributed by atoms with van der Waals surface area (Å²) in [6.45, 7) is 3.18. The van der Waals surface area contributed by atoms with E-state index in [-0.39, 0.29) is 23.6 Å². The normalized spacial score (nSPS) is 10.2. The van der Waals surface area contributed by atoms with Crippen LogP contribution in [0, 0.1) is 17.0 Å². The topological polar surface area (TPSA) is 86.5 Å². The molecule has 6 heteroatoms. The number of hydrogen-bond donors (Lipinski definition) is 0. The van der Waals surface area contributed by atoms with Crippen LogP contribution < -0.4 is 0 Å². The summed E-state index contributed by atoms with van der Waals surface area (Å²) in [6.07, 6.45) is 0.878. The summed E-state index contributed by atoms with van der Waals surface area (Å²) < 4.78 is 5.00. The van der Waals surface area contributed by atoms with Crippen LogP contribution in [0.1, 0.15) is 38.8 Å². The van der Waals surface area contributed by atoms with E-state index in [4.69, 9.17) is 4.74 Å². The maximum Gasteiger partial charge on any atom is 0.338 e. The van der Waals surface area contributed by atoms with Gasteiger partial charge in [0.1, 0.15) is 0 Å². The molecule has 0 fully saturated rings. The van der Waals surface area contributed by atoms with E-state index in [2.05, 4.69) is 0 Å². The fourth-order valence-electron chi connectivity index (χ4n) is 2.21. The van der Waals surface area contributed by atoms with Crippen molar-refractivity contribution < 1.29 is 19.2 Å². The van der Waals surface area contributed by atoms with Crippen LogP contribution in [0.2, 0.25) is 0 Å². The Labute approximate surface area is 139 Å². The molecule has 0 aliphatic rings. The lowest BCUT2D eigenvalue weighted by atomic mass is 10.1. The number of nitro groups is 1. The van der Waals surface area contributed by atoms with Crippen LogP contribution in [0.15, 0.2) is 42.5 Å². The zero-order valence-electron chi connectivity index (χ0n) is 13.4. The van der Waals surface area contributed by atoms with E-state index in [1.807, 2.05) is 19.1 Å². The van der Waals surface area contributed by atoms with E-state index in [9.17, 15) is 19.7 Å². The molecule has 24 heavy (non-hydrogen) atoms. The van der Waals surface area contributed by atoms with Crippen LogP contribution >= 0.6 is 0 Å². The van der Waals surface area contributed by atoms with Crippen molar-refractivity contribution in [3.05, 3.63) is 74.8 Å². The molecule has 0 bridgehead atoms. The number of carbonyl (C=O) groups excluding carboxylic acids is 2. The van der Waals surface area contributed by atoms with Gasteiger partial charge in [-0.2, -0.15) is 0 Å². The van der Waals surface area contributed by atoms with Crippen LogP contribution in [0.3, 0.4) is 0 Å². The quantitative estimate of drug-likeness (QED) is 0.351. The van der Waals surface area contributed by atoms with E-state index < -0.39 is 10.9 Å².